The minimum Gasteiger partial charge on any atom is -0.380 e. The van der Waals surface area contributed by atoms with Gasteiger partial charge in [-0.3, -0.25) is 19.5 Å². The van der Waals surface area contributed by atoms with Crippen molar-refractivity contribution >= 4 is 41.8 Å². The Morgan fingerprint density at radius 1 is 1.17 bits per heavy atom. The summed E-state index contributed by atoms with van der Waals surface area (Å²) >= 11 is 0. The number of amides is 2. The molecule has 2 bridgehead atoms. The van der Waals surface area contributed by atoms with Gasteiger partial charge in [0.2, 0.25) is 11.8 Å². The molecular weight excluding hydrogens is 495 g/mol. The van der Waals surface area contributed by atoms with Crippen molar-refractivity contribution in [2.75, 3.05) is 39.4 Å². The second-order valence-electron chi connectivity index (χ2n) is 8.66. The highest BCUT2D eigenvalue weighted by Crippen LogP contribution is 2.52. The van der Waals surface area contributed by atoms with Crippen LogP contribution in [0, 0.1) is 29.6 Å². The van der Waals surface area contributed by atoms with Crippen molar-refractivity contribution in [1.29, 1.82) is 0 Å². The van der Waals surface area contributed by atoms with Gasteiger partial charge in [-0.15, -0.1) is 24.0 Å². The molecular formula is C22H37IN4O3. The molecule has 7 nitrogen and oxygen atoms in total. The number of halogens is 1. The third kappa shape index (κ3) is 5.96. The van der Waals surface area contributed by atoms with Gasteiger partial charge < -0.3 is 15.4 Å². The molecule has 0 radical (unpaired) electrons. The molecule has 3 rings (SSSR count). The maximum absolute atomic E-state index is 12.7. The number of guanidine groups is 1. The molecule has 4 atom stereocenters. The number of imide groups is 1. The van der Waals surface area contributed by atoms with Crippen molar-refractivity contribution in [2.24, 2.45) is 34.6 Å². The van der Waals surface area contributed by atoms with Crippen LogP contribution >= 0.6 is 24.0 Å². The van der Waals surface area contributed by atoms with Crippen LogP contribution in [0.3, 0.4) is 0 Å². The van der Waals surface area contributed by atoms with E-state index in [0.717, 1.165) is 32.0 Å². The quantitative estimate of drug-likeness (QED) is 0.107. The zero-order chi connectivity index (χ0) is 20.8. The van der Waals surface area contributed by atoms with Crippen LogP contribution in [0.1, 0.15) is 40.0 Å². The lowest BCUT2D eigenvalue weighted by molar-refractivity contribution is -0.140. The zero-order valence-corrected chi connectivity index (χ0v) is 20.8. The van der Waals surface area contributed by atoms with Crippen molar-refractivity contribution < 1.29 is 14.3 Å². The SMILES string of the molecule is CCNC(=NCCCN1C(=O)C2C3C=CC(C3)C2C1=O)NCCOCCC(C)C.I. The summed E-state index contributed by atoms with van der Waals surface area (Å²) in [5, 5.41) is 6.48. The summed E-state index contributed by atoms with van der Waals surface area (Å²) in [6, 6.07) is 0. The molecule has 8 heteroatoms. The van der Waals surface area contributed by atoms with E-state index in [1.54, 1.807) is 0 Å². The first-order valence-electron chi connectivity index (χ1n) is 11.2. The second-order valence-corrected chi connectivity index (χ2v) is 8.66. The first kappa shape index (κ1) is 25.1. The van der Waals surface area contributed by atoms with E-state index in [2.05, 4.69) is 41.6 Å². The van der Waals surface area contributed by atoms with Crippen LogP contribution in [0.2, 0.25) is 0 Å². The summed E-state index contributed by atoms with van der Waals surface area (Å²) in [7, 11) is 0. The maximum Gasteiger partial charge on any atom is 0.233 e. The Labute approximate surface area is 197 Å². The Hall–Kier alpha value is -1.16. The van der Waals surface area contributed by atoms with Gasteiger partial charge in [-0.2, -0.15) is 0 Å². The topological polar surface area (TPSA) is 83.0 Å². The van der Waals surface area contributed by atoms with Crippen LogP contribution in [-0.4, -0.2) is 62.1 Å². The minimum atomic E-state index is -0.101. The summed E-state index contributed by atoms with van der Waals surface area (Å²) in [6.07, 6.45) is 6.99. The number of carbonyl (C=O) groups excluding carboxylic acids is 2. The van der Waals surface area contributed by atoms with Gasteiger partial charge in [-0.05, 0) is 43.9 Å². The summed E-state index contributed by atoms with van der Waals surface area (Å²) in [5.74, 6) is 1.81. The fraction of sp³-hybridized carbons (Fsp3) is 0.773. The Balaban J connectivity index is 0.00000320. The van der Waals surface area contributed by atoms with Crippen molar-refractivity contribution in [3.8, 4) is 0 Å². The molecule has 1 saturated carbocycles. The number of aliphatic imine (C=N–C) groups is 1. The Bertz CT molecular complexity index is 622. The second kappa shape index (κ2) is 12.0. The van der Waals surface area contributed by atoms with E-state index < -0.39 is 0 Å². The Morgan fingerprint density at radius 3 is 2.43 bits per heavy atom. The van der Waals surface area contributed by atoms with Crippen molar-refractivity contribution in [1.82, 2.24) is 15.5 Å². The third-order valence-electron chi connectivity index (χ3n) is 6.09. The van der Waals surface area contributed by atoms with E-state index in [4.69, 9.17) is 4.74 Å². The van der Waals surface area contributed by atoms with E-state index in [1.807, 2.05) is 6.92 Å². The van der Waals surface area contributed by atoms with Gasteiger partial charge in [0.15, 0.2) is 5.96 Å². The molecule has 0 spiro atoms. The van der Waals surface area contributed by atoms with E-state index in [-0.39, 0.29) is 59.5 Å². The van der Waals surface area contributed by atoms with Crippen LogP contribution in [0.4, 0.5) is 0 Å². The number of nitrogens with one attached hydrogen (secondary N) is 2. The number of nitrogens with zero attached hydrogens (tertiary/aromatic N) is 2. The van der Waals surface area contributed by atoms with Crippen molar-refractivity contribution in [3.05, 3.63) is 12.2 Å². The fourth-order valence-electron chi connectivity index (χ4n) is 4.61. The summed E-state index contributed by atoms with van der Waals surface area (Å²) in [5.41, 5.74) is 0. The lowest BCUT2D eigenvalue weighted by Gasteiger charge is -2.17. The van der Waals surface area contributed by atoms with Crippen LogP contribution < -0.4 is 10.6 Å². The summed E-state index contributed by atoms with van der Waals surface area (Å²) < 4.78 is 5.62. The van der Waals surface area contributed by atoms with Gasteiger partial charge in [0.1, 0.15) is 0 Å². The van der Waals surface area contributed by atoms with Gasteiger partial charge >= 0.3 is 0 Å². The highest BCUT2D eigenvalue weighted by molar-refractivity contribution is 14.0. The van der Waals surface area contributed by atoms with Crippen molar-refractivity contribution in [2.45, 2.75) is 40.0 Å². The lowest BCUT2D eigenvalue weighted by Crippen LogP contribution is -2.39. The number of hydrogen-bond donors (Lipinski definition) is 2. The minimum absolute atomic E-state index is 0. The normalized spacial score (nSPS) is 27.1. The van der Waals surface area contributed by atoms with Crippen molar-refractivity contribution in [3.63, 3.8) is 0 Å². The molecule has 3 aliphatic rings. The van der Waals surface area contributed by atoms with Crippen LogP contribution in [0.25, 0.3) is 0 Å². The average molecular weight is 532 g/mol. The molecule has 1 saturated heterocycles. The number of hydrogen-bond acceptors (Lipinski definition) is 4. The highest BCUT2D eigenvalue weighted by atomic mass is 127. The smallest absolute Gasteiger partial charge is 0.233 e. The first-order chi connectivity index (χ1) is 14.0. The molecule has 2 aliphatic carbocycles. The molecule has 2 fully saturated rings. The monoisotopic (exact) mass is 532 g/mol. The number of fused-ring (bicyclic) bond motifs is 5. The molecule has 0 aromatic carbocycles. The zero-order valence-electron chi connectivity index (χ0n) is 18.4. The van der Waals surface area contributed by atoms with E-state index in [1.165, 1.54) is 4.90 Å². The number of ether oxygens (including phenoxy) is 1. The number of allylic oxidation sites excluding steroid dienone is 2. The largest absolute Gasteiger partial charge is 0.380 e. The third-order valence-corrected chi connectivity index (χ3v) is 6.09. The molecule has 2 amide bonds. The van der Waals surface area contributed by atoms with E-state index in [9.17, 15) is 9.59 Å². The predicted octanol–water partition coefficient (Wildman–Crippen LogP) is 2.42. The molecule has 1 heterocycles. The van der Waals surface area contributed by atoms with Gasteiger partial charge in [-0.25, -0.2) is 0 Å². The van der Waals surface area contributed by atoms with Gasteiger partial charge in [0, 0.05) is 32.8 Å². The van der Waals surface area contributed by atoms with E-state index in [0.29, 0.717) is 38.6 Å². The van der Waals surface area contributed by atoms with Gasteiger partial charge in [-0.1, -0.05) is 26.0 Å². The highest BCUT2D eigenvalue weighted by Gasteiger charge is 2.58. The number of likely N-dealkylation sites (tertiary alicyclic amines) is 1. The summed E-state index contributed by atoms with van der Waals surface area (Å²) in [4.78, 5) is 31.4. The molecule has 30 heavy (non-hydrogen) atoms. The lowest BCUT2D eigenvalue weighted by atomic mass is 9.85. The Morgan fingerprint density at radius 2 is 1.83 bits per heavy atom. The van der Waals surface area contributed by atoms with E-state index >= 15 is 0 Å². The van der Waals surface area contributed by atoms with Crippen LogP contribution in [0.5, 0.6) is 0 Å². The first-order valence-corrected chi connectivity index (χ1v) is 11.2. The fourth-order valence-corrected chi connectivity index (χ4v) is 4.61. The predicted molar refractivity (Wildman–Crippen MR) is 129 cm³/mol. The Kier molecular flexibility index (Phi) is 10.1. The van der Waals surface area contributed by atoms with Crippen LogP contribution in [0.15, 0.2) is 17.1 Å². The molecule has 2 N–H and O–H groups in total. The molecule has 0 aromatic rings. The number of rotatable bonds is 11. The molecule has 1 aliphatic heterocycles. The average Bonchev–Trinajstić information content (AvgIpc) is 3.36. The van der Waals surface area contributed by atoms with Gasteiger partial charge in [0.05, 0.1) is 18.4 Å². The number of carbonyl (C=O) groups is 2. The molecule has 0 aromatic heterocycles. The van der Waals surface area contributed by atoms with Gasteiger partial charge in [0.25, 0.3) is 0 Å². The standard InChI is InChI=1S/C22H36N4O3.HI/c1-4-23-22(25-10-13-29-12-8-15(2)3)24-9-5-11-26-20(27)18-16-6-7-17(14-16)19(18)21(26)28;/h6-7,15-19H,4-5,8-14H2,1-3H3,(H2,23,24,25);1H. The molecule has 170 valence electrons. The maximum atomic E-state index is 12.7. The molecule has 4 unspecified atom stereocenters. The summed E-state index contributed by atoms with van der Waals surface area (Å²) in [6.45, 7) is 10.3. The van der Waals surface area contributed by atoms with Crippen LogP contribution in [-0.2, 0) is 14.3 Å².